The lowest BCUT2D eigenvalue weighted by Gasteiger charge is -2.22. The van der Waals surface area contributed by atoms with E-state index in [9.17, 15) is 14.0 Å². The Morgan fingerprint density at radius 3 is 2.27 bits per heavy atom. The summed E-state index contributed by atoms with van der Waals surface area (Å²) in [5, 5.41) is 4.18. The predicted octanol–water partition coefficient (Wildman–Crippen LogP) is 8.19. The zero-order valence-corrected chi connectivity index (χ0v) is 22.9. The van der Waals surface area contributed by atoms with Crippen LogP contribution in [0.1, 0.15) is 21.8 Å². The number of carbonyl (C=O) groups is 2. The molecule has 10 heteroatoms. The maximum atomic E-state index is 13.4. The number of benzene rings is 3. The Bertz CT molecular complexity index is 1350. The number of nitrogens with zero attached hydrogens (tertiary/aromatic N) is 1. The van der Waals surface area contributed by atoms with Crippen molar-refractivity contribution < 1.29 is 14.0 Å². The van der Waals surface area contributed by atoms with Crippen LogP contribution in [0, 0.1) is 11.2 Å². The van der Waals surface area contributed by atoms with Crippen LogP contribution in [-0.2, 0) is 4.79 Å². The summed E-state index contributed by atoms with van der Waals surface area (Å²) >= 11 is 31.8. The largest absolute Gasteiger partial charge is 0.384 e. The number of hydrogen-bond donors (Lipinski definition) is 1. The van der Waals surface area contributed by atoms with E-state index < -0.39 is 27.4 Å². The van der Waals surface area contributed by atoms with Gasteiger partial charge in [0.1, 0.15) is 16.4 Å². The van der Waals surface area contributed by atoms with Crippen LogP contribution in [0.5, 0.6) is 0 Å². The first-order valence-electron chi connectivity index (χ1n) is 11.1. The second kappa shape index (κ2) is 10.8. The highest BCUT2D eigenvalue weighted by molar-refractivity contribution is 6.54. The van der Waals surface area contributed by atoms with E-state index in [1.54, 1.807) is 42.5 Å². The normalized spacial score (nSPS) is 19.7. The van der Waals surface area contributed by atoms with Crippen LogP contribution in [0.4, 0.5) is 15.8 Å². The number of aldehydes is 1. The van der Waals surface area contributed by atoms with Gasteiger partial charge in [-0.1, -0.05) is 64.1 Å². The molecule has 4 nitrogen and oxygen atoms in total. The van der Waals surface area contributed by atoms with Crippen LogP contribution in [-0.4, -0.2) is 29.6 Å². The molecule has 0 aromatic heterocycles. The summed E-state index contributed by atoms with van der Waals surface area (Å²) in [7, 11) is 0. The van der Waals surface area contributed by atoms with Crippen LogP contribution in [0.3, 0.4) is 0 Å². The molecule has 1 fully saturated rings. The van der Waals surface area contributed by atoms with E-state index in [0.717, 1.165) is 6.29 Å². The Morgan fingerprint density at radius 1 is 1.03 bits per heavy atom. The summed E-state index contributed by atoms with van der Waals surface area (Å²) in [6, 6.07) is 15.3. The number of halogens is 6. The van der Waals surface area contributed by atoms with Crippen molar-refractivity contribution in [2.24, 2.45) is 5.41 Å². The third-order valence-electron chi connectivity index (χ3n) is 6.32. The van der Waals surface area contributed by atoms with Crippen LogP contribution in [0.25, 0.3) is 0 Å². The molecule has 1 N–H and O–H groups in total. The van der Waals surface area contributed by atoms with Crippen molar-refractivity contribution in [3.63, 3.8) is 0 Å². The summed E-state index contributed by atoms with van der Waals surface area (Å²) in [6.45, 7) is 3.95. The minimum atomic E-state index is -1.40. The number of hydrogen-bond acceptors (Lipinski definition) is 3. The number of anilines is 2. The third-order valence-corrected chi connectivity index (χ3v) is 8.23. The molecule has 2 atom stereocenters. The first kappa shape index (κ1) is 27.7. The summed E-state index contributed by atoms with van der Waals surface area (Å²) in [4.78, 5) is 27.1. The molecule has 4 rings (SSSR count). The molecular formula is C27H20Cl5FN2O2. The van der Waals surface area contributed by atoms with Crippen molar-refractivity contribution in [1.29, 1.82) is 0 Å². The highest BCUT2D eigenvalue weighted by Crippen LogP contribution is 2.73. The molecule has 192 valence electrons. The van der Waals surface area contributed by atoms with Gasteiger partial charge in [-0.15, -0.1) is 6.58 Å². The molecular weight excluding hydrogens is 581 g/mol. The number of nitrogens with one attached hydrogen (secondary N) is 1. The molecule has 0 radical (unpaired) electrons. The molecule has 3 aromatic rings. The average Bonchev–Trinajstić information content (AvgIpc) is 3.36. The van der Waals surface area contributed by atoms with Gasteiger partial charge in [0.25, 0.3) is 5.91 Å². The fraction of sp³-hybridized carbons (Fsp3) is 0.185. The zero-order valence-electron chi connectivity index (χ0n) is 19.2. The van der Waals surface area contributed by atoms with E-state index in [2.05, 4.69) is 11.9 Å². The van der Waals surface area contributed by atoms with Crippen LogP contribution in [0.15, 0.2) is 73.3 Å². The molecule has 0 spiro atoms. The number of alkyl halides is 2. The van der Waals surface area contributed by atoms with Gasteiger partial charge in [-0.3, -0.25) is 4.79 Å². The Labute approximate surface area is 238 Å². The highest BCUT2D eigenvalue weighted by Gasteiger charge is 2.76. The Kier molecular flexibility index (Phi) is 8.13. The molecule has 2 unspecified atom stereocenters. The minimum absolute atomic E-state index is 0.0713. The van der Waals surface area contributed by atoms with E-state index in [-0.39, 0.29) is 23.7 Å². The second-order valence-corrected chi connectivity index (χ2v) is 11.3. The first-order valence-corrected chi connectivity index (χ1v) is 12.9. The lowest BCUT2D eigenvalue weighted by atomic mass is 10.00. The first-order chi connectivity index (χ1) is 17.5. The molecule has 1 aliphatic carbocycles. The van der Waals surface area contributed by atoms with E-state index >= 15 is 0 Å². The molecule has 0 bridgehead atoms. The number of rotatable bonds is 9. The van der Waals surface area contributed by atoms with Crippen molar-refractivity contribution in [1.82, 2.24) is 0 Å². The highest BCUT2D eigenvalue weighted by atomic mass is 35.5. The number of amides is 1. The molecule has 0 heterocycles. The summed E-state index contributed by atoms with van der Waals surface area (Å²) in [5.41, 5.74) is 0.677. The predicted molar refractivity (Wildman–Crippen MR) is 150 cm³/mol. The van der Waals surface area contributed by atoms with E-state index in [1.165, 1.54) is 29.2 Å². The molecule has 0 saturated heterocycles. The van der Waals surface area contributed by atoms with Gasteiger partial charge in [0.05, 0.1) is 16.0 Å². The number of carbonyl (C=O) groups excluding carboxylic acids is 2. The van der Waals surface area contributed by atoms with Crippen molar-refractivity contribution >= 4 is 81.6 Å². The maximum Gasteiger partial charge on any atom is 0.260 e. The fourth-order valence-corrected chi connectivity index (χ4v) is 6.10. The smallest absolute Gasteiger partial charge is 0.260 e. The Morgan fingerprint density at radius 2 is 1.68 bits per heavy atom. The summed E-state index contributed by atoms with van der Waals surface area (Å²) in [6.07, 6.45) is 2.28. The molecule has 37 heavy (non-hydrogen) atoms. The molecule has 1 amide bonds. The zero-order chi connectivity index (χ0) is 27.0. The third kappa shape index (κ3) is 5.34. The molecule has 1 saturated carbocycles. The Balaban J connectivity index is 1.59. The van der Waals surface area contributed by atoms with Gasteiger partial charge in [-0.25, -0.2) is 4.39 Å². The fourth-order valence-electron chi connectivity index (χ4n) is 4.38. The van der Waals surface area contributed by atoms with Crippen molar-refractivity contribution in [3.8, 4) is 0 Å². The van der Waals surface area contributed by atoms with Crippen LogP contribution >= 0.6 is 58.0 Å². The maximum absolute atomic E-state index is 13.4. The van der Waals surface area contributed by atoms with Crippen LogP contribution in [0.2, 0.25) is 15.1 Å². The van der Waals surface area contributed by atoms with Crippen molar-refractivity contribution in [2.75, 3.05) is 23.3 Å². The van der Waals surface area contributed by atoms with Gasteiger partial charge in [-0.05, 0) is 66.2 Å². The van der Waals surface area contributed by atoms with Gasteiger partial charge < -0.3 is 15.0 Å². The van der Waals surface area contributed by atoms with E-state index in [1.807, 2.05) is 0 Å². The van der Waals surface area contributed by atoms with Crippen molar-refractivity contribution in [3.05, 3.63) is 105 Å². The Hall–Kier alpha value is -2.28. The molecule has 0 aliphatic heterocycles. The van der Waals surface area contributed by atoms with Gasteiger partial charge >= 0.3 is 0 Å². The van der Waals surface area contributed by atoms with Crippen molar-refractivity contribution in [2.45, 2.75) is 10.3 Å². The van der Waals surface area contributed by atoms with Gasteiger partial charge in [0, 0.05) is 40.4 Å². The summed E-state index contributed by atoms with van der Waals surface area (Å²) < 4.78 is 12.0. The van der Waals surface area contributed by atoms with Gasteiger partial charge in [-0.2, -0.15) is 0 Å². The monoisotopic (exact) mass is 598 g/mol. The molecule has 1 aliphatic rings. The summed E-state index contributed by atoms with van der Waals surface area (Å²) in [5.74, 6) is -1.39. The topological polar surface area (TPSA) is 49.4 Å². The van der Waals surface area contributed by atoms with Gasteiger partial charge in [0.2, 0.25) is 0 Å². The lowest BCUT2D eigenvalue weighted by Crippen LogP contribution is -2.31. The second-order valence-electron chi connectivity index (χ2n) is 8.65. The SMILES string of the molecule is C=CCN(C(=O)c1cc(NCC2(C=O)C(c3cc(Cl)cc(Cl)c3)C2(Cl)Cl)ccc1Cl)c1ccc(F)cc1. The quantitative estimate of drug-likeness (QED) is 0.153. The lowest BCUT2D eigenvalue weighted by molar-refractivity contribution is -0.112. The standard InChI is InChI=1S/C27H20Cl5FN2O2/c1-2-9-35(21-6-3-19(33)4-7-21)25(37)22-13-20(5-8-23(22)30)34-14-26(15-36)24(27(26,31)32)16-10-17(28)12-18(29)11-16/h2-8,10-13,15,24,34H,1,9,14H2. The van der Waals surface area contributed by atoms with E-state index in [4.69, 9.17) is 58.0 Å². The average molecular weight is 601 g/mol. The van der Waals surface area contributed by atoms with Crippen LogP contribution < -0.4 is 10.2 Å². The van der Waals surface area contributed by atoms with Gasteiger partial charge in [0.15, 0.2) is 0 Å². The van der Waals surface area contributed by atoms with E-state index in [0.29, 0.717) is 27.0 Å². The molecule has 3 aromatic carbocycles. The minimum Gasteiger partial charge on any atom is -0.384 e.